The van der Waals surface area contributed by atoms with Gasteiger partial charge in [-0.3, -0.25) is 19.8 Å². The summed E-state index contributed by atoms with van der Waals surface area (Å²) in [6, 6.07) is 14.1. The summed E-state index contributed by atoms with van der Waals surface area (Å²) in [6.07, 6.45) is 6.19. The molecule has 29 heavy (non-hydrogen) atoms. The highest BCUT2D eigenvalue weighted by Gasteiger charge is 2.13. The van der Waals surface area contributed by atoms with Crippen LogP contribution in [0.25, 0.3) is 0 Å². The Hall–Kier alpha value is -3.32. The van der Waals surface area contributed by atoms with Crippen LogP contribution in [0.5, 0.6) is 0 Å². The normalized spacial score (nSPS) is 10.8. The number of aromatic nitrogens is 4. The number of benzene rings is 1. The number of rotatable bonds is 6. The molecule has 7 heteroatoms. The number of pyridine rings is 1. The zero-order chi connectivity index (χ0) is 20.2. The van der Waals surface area contributed by atoms with E-state index in [-0.39, 0.29) is 5.91 Å². The van der Waals surface area contributed by atoms with Crippen LogP contribution in [-0.2, 0) is 13.0 Å². The number of carbonyl (C=O) groups excluding carboxylic acids is 1. The minimum Gasteiger partial charge on any atom is -0.296 e. The predicted molar refractivity (Wildman–Crippen MR) is 114 cm³/mol. The molecule has 0 saturated carbocycles. The molecule has 0 fully saturated rings. The minimum atomic E-state index is -0.258. The van der Waals surface area contributed by atoms with Crippen molar-refractivity contribution in [1.82, 2.24) is 19.7 Å². The van der Waals surface area contributed by atoms with Crippen molar-refractivity contribution in [2.24, 2.45) is 0 Å². The van der Waals surface area contributed by atoms with Gasteiger partial charge in [-0.15, -0.1) is 11.3 Å². The molecular formula is C22H21N5OS. The van der Waals surface area contributed by atoms with Crippen molar-refractivity contribution in [3.05, 3.63) is 94.0 Å². The van der Waals surface area contributed by atoms with Crippen LogP contribution >= 0.6 is 11.3 Å². The summed E-state index contributed by atoms with van der Waals surface area (Å²) in [5.41, 5.74) is 4.88. The third-order valence-electron chi connectivity index (χ3n) is 4.45. The Morgan fingerprint density at radius 2 is 1.90 bits per heavy atom. The number of hydrogen-bond donors (Lipinski definition) is 1. The molecule has 0 radical (unpaired) electrons. The Balaban J connectivity index is 1.38. The number of carbonyl (C=O) groups is 1. The van der Waals surface area contributed by atoms with Gasteiger partial charge in [0, 0.05) is 35.6 Å². The van der Waals surface area contributed by atoms with E-state index in [0.29, 0.717) is 17.4 Å². The molecule has 0 aliphatic carbocycles. The van der Waals surface area contributed by atoms with Crippen molar-refractivity contribution in [1.29, 1.82) is 0 Å². The topological polar surface area (TPSA) is 72.7 Å². The summed E-state index contributed by atoms with van der Waals surface area (Å²) in [5, 5.41) is 7.80. The molecule has 6 nitrogen and oxygen atoms in total. The molecule has 0 aliphatic heterocycles. The number of nitrogens with one attached hydrogen (secondary N) is 1. The standard InChI is InChI=1S/C22H21N5OS/c1-15-3-5-17(6-4-15)12-19-13-24-22(29-19)25-21(28)20-8-10-27(26-20)14-18-7-9-23-16(2)11-18/h3-11,13H,12,14H2,1-2H3,(H,24,25,28). The summed E-state index contributed by atoms with van der Waals surface area (Å²) in [6.45, 7) is 4.62. The average molecular weight is 404 g/mol. The van der Waals surface area contributed by atoms with Gasteiger partial charge in [-0.25, -0.2) is 4.98 Å². The van der Waals surface area contributed by atoms with Gasteiger partial charge >= 0.3 is 0 Å². The lowest BCUT2D eigenvalue weighted by atomic mass is 10.1. The third-order valence-corrected chi connectivity index (χ3v) is 5.36. The van der Waals surface area contributed by atoms with Gasteiger partial charge in [-0.05, 0) is 43.2 Å². The van der Waals surface area contributed by atoms with E-state index in [2.05, 4.69) is 51.6 Å². The van der Waals surface area contributed by atoms with Crippen LogP contribution in [-0.4, -0.2) is 25.7 Å². The first-order chi connectivity index (χ1) is 14.0. The molecule has 1 amide bonds. The maximum absolute atomic E-state index is 12.5. The molecule has 3 aromatic heterocycles. The Morgan fingerprint density at radius 1 is 1.07 bits per heavy atom. The van der Waals surface area contributed by atoms with Crippen LogP contribution in [0.1, 0.15) is 37.7 Å². The van der Waals surface area contributed by atoms with E-state index in [1.54, 1.807) is 23.1 Å². The van der Waals surface area contributed by atoms with Crippen LogP contribution in [0.15, 0.2) is 61.1 Å². The summed E-state index contributed by atoms with van der Waals surface area (Å²) in [5.74, 6) is -0.258. The number of thiazole rings is 1. The van der Waals surface area contributed by atoms with Crippen LogP contribution in [0, 0.1) is 13.8 Å². The van der Waals surface area contributed by atoms with Gasteiger partial charge in [-0.2, -0.15) is 5.10 Å². The zero-order valence-electron chi connectivity index (χ0n) is 16.3. The first-order valence-corrected chi connectivity index (χ1v) is 10.1. The van der Waals surface area contributed by atoms with Crippen LogP contribution < -0.4 is 5.32 Å². The molecule has 1 aromatic carbocycles. The fourth-order valence-corrected chi connectivity index (χ4v) is 3.82. The van der Waals surface area contributed by atoms with Crippen molar-refractivity contribution in [3.63, 3.8) is 0 Å². The predicted octanol–water partition coefficient (Wildman–Crippen LogP) is 4.24. The van der Waals surface area contributed by atoms with Gasteiger partial charge < -0.3 is 0 Å². The van der Waals surface area contributed by atoms with Gasteiger partial charge in [0.05, 0.1) is 6.54 Å². The van der Waals surface area contributed by atoms with Gasteiger partial charge in [-0.1, -0.05) is 29.8 Å². The summed E-state index contributed by atoms with van der Waals surface area (Å²) >= 11 is 1.48. The molecule has 4 rings (SSSR count). The maximum Gasteiger partial charge on any atom is 0.277 e. The number of hydrogen-bond acceptors (Lipinski definition) is 5. The van der Waals surface area contributed by atoms with Crippen molar-refractivity contribution < 1.29 is 4.79 Å². The van der Waals surface area contributed by atoms with Crippen molar-refractivity contribution in [2.75, 3.05) is 5.32 Å². The fourth-order valence-electron chi connectivity index (χ4n) is 2.98. The number of anilines is 1. The van der Waals surface area contributed by atoms with Gasteiger partial charge in [0.15, 0.2) is 10.8 Å². The van der Waals surface area contributed by atoms with Crippen LogP contribution in [0.2, 0.25) is 0 Å². The number of amides is 1. The van der Waals surface area contributed by atoms with Crippen LogP contribution in [0.3, 0.4) is 0 Å². The molecule has 3 heterocycles. The highest BCUT2D eigenvalue weighted by molar-refractivity contribution is 7.15. The molecule has 4 aromatic rings. The fraction of sp³-hybridized carbons (Fsp3) is 0.182. The van der Waals surface area contributed by atoms with E-state index >= 15 is 0 Å². The monoisotopic (exact) mass is 403 g/mol. The van der Waals surface area contributed by atoms with E-state index < -0.39 is 0 Å². The van der Waals surface area contributed by atoms with E-state index in [9.17, 15) is 4.79 Å². The second-order valence-corrected chi connectivity index (χ2v) is 8.07. The SMILES string of the molecule is Cc1ccc(Cc2cnc(NC(=O)c3ccn(Cc4ccnc(C)c4)n3)s2)cc1. The van der Waals surface area contributed by atoms with Gasteiger partial charge in [0.2, 0.25) is 0 Å². The molecule has 0 saturated heterocycles. The molecule has 0 atom stereocenters. The minimum absolute atomic E-state index is 0.258. The Labute approximate surface area is 173 Å². The first kappa shape index (κ1) is 19.0. The number of aryl methyl sites for hydroxylation is 2. The summed E-state index contributed by atoms with van der Waals surface area (Å²) < 4.78 is 1.74. The van der Waals surface area contributed by atoms with Gasteiger partial charge in [0.25, 0.3) is 5.91 Å². The average Bonchev–Trinajstić information content (AvgIpc) is 3.33. The van der Waals surface area contributed by atoms with Crippen molar-refractivity contribution in [3.8, 4) is 0 Å². The Kier molecular flexibility index (Phi) is 5.48. The van der Waals surface area contributed by atoms with Crippen LogP contribution in [0.4, 0.5) is 5.13 Å². The molecule has 0 spiro atoms. The van der Waals surface area contributed by atoms with E-state index in [0.717, 1.165) is 22.6 Å². The van der Waals surface area contributed by atoms with Gasteiger partial charge in [0.1, 0.15) is 0 Å². The molecule has 1 N–H and O–H groups in total. The maximum atomic E-state index is 12.5. The van der Waals surface area contributed by atoms with Crippen molar-refractivity contribution >= 4 is 22.4 Å². The highest BCUT2D eigenvalue weighted by Crippen LogP contribution is 2.22. The summed E-state index contributed by atoms with van der Waals surface area (Å²) in [4.78, 5) is 22.1. The number of nitrogens with zero attached hydrogens (tertiary/aromatic N) is 4. The molecule has 146 valence electrons. The highest BCUT2D eigenvalue weighted by atomic mass is 32.1. The lowest BCUT2D eigenvalue weighted by Gasteiger charge is -2.02. The lowest BCUT2D eigenvalue weighted by molar-refractivity contribution is 0.102. The second-order valence-electron chi connectivity index (χ2n) is 6.95. The van der Waals surface area contributed by atoms with E-state index in [4.69, 9.17) is 0 Å². The first-order valence-electron chi connectivity index (χ1n) is 9.32. The zero-order valence-corrected chi connectivity index (χ0v) is 17.1. The Morgan fingerprint density at radius 3 is 2.69 bits per heavy atom. The largest absolute Gasteiger partial charge is 0.296 e. The molecular weight excluding hydrogens is 382 g/mol. The lowest BCUT2D eigenvalue weighted by Crippen LogP contribution is -2.13. The second kappa shape index (κ2) is 8.36. The molecule has 0 aliphatic rings. The third kappa shape index (κ3) is 4.94. The van der Waals surface area contributed by atoms with Crippen molar-refractivity contribution in [2.45, 2.75) is 26.8 Å². The quantitative estimate of drug-likeness (QED) is 0.523. The molecule has 0 unspecified atom stereocenters. The van der Waals surface area contributed by atoms with E-state index in [1.807, 2.05) is 25.3 Å². The molecule has 0 bridgehead atoms. The Bertz CT molecular complexity index is 1130. The summed E-state index contributed by atoms with van der Waals surface area (Å²) in [7, 11) is 0. The smallest absolute Gasteiger partial charge is 0.277 e. The van der Waals surface area contributed by atoms with E-state index in [1.165, 1.54) is 22.5 Å².